The number of carboxylic acids is 1. The van der Waals surface area contributed by atoms with E-state index in [1.807, 2.05) is 41.3 Å². The number of aliphatic carboxylic acids is 1. The molecule has 1 atom stereocenters. The Kier molecular flexibility index (Phi) is 5.87. The third-order valence-electron chi connectivity index (χ3n) is 6.66. The van der Waals surface area contributed by atoms with E-state index < -0.39 is 12.0 Å². The molecular weight excluding hydrogens is 426 g/mol. The molecule has 0 radical (unpaired) electrons. The van der Waals surface area contributed by atoms with Crippen molar-refractivity contribution < 1.29 is 14.3 Å². The van der Waals surface area contributed by atoms with E-state index in [-0.39, 0.29) is 0 Å². The van der Waals surface area contributed by atoms with Crippen molar-refractivity contribution in [3.8, 4) is 28.7 Å². The molecule has 1 aromatic heterocycles. The minimum atomic E-state index is -0.809. The number of oxazole rings is 1. The largest absolute Gasteiger partial charge is 0.480 e. The number of piperidine rings is 1. The first kappa shape index (κ1) is 21.9. The first-order valence-electron chi connectivity index (χ1n) is 11.5. The fourth-order valence-corrected chi connectivity index (χ4v) is 4.84. The molecule has 1 aliphatic rings. The Morgan fingerprint density at radius 3 is 2.71 bits per heavy atom. The van der Waals surface area contributed by atoms with Gasteiger partial charge >= 0.3 is 5.97 Å². The zero-order chi connectivity index (χ0) is 23.7. The standard InChI is InChI=1S/C28H25N3O3/c1-18-22(19-8-3-2-4-9-19)10-7-11-23(18)27-30-24-14-21(20(16-29)15-26(24)34-27)17-31-13-6-5-12-25(31)28(32)33/h2-4,7-11,14-15,25H,5-6,12-13,17H2,1H3,(H,32,33). The van der Waals surface area contributed by atoms with Gasteiger partial charge in [0.25, 0.3) is 0 Å². The van der Waals surface area contributed by atoms with Gasteiger partial charge in [-0.1, -0.05) is 48.9 Å². The van der Waals surface area contributed by atoms with Crippen LogP contribution in [0.3, 0.4) is 0 Å². The number of carbonyl (C=O) groups is 1. The van der Waals surface area contributed by atoms with E-state index in [2.05, 4.69) is 31.2 Å². The molecule has 0 spiro atoms. The van der Waals surface area contributed by atoms with E-state index in [1.54, 1.807) is 6.07 Å². The van der Waals surface area contributed by atoms with Gasteiger partial charge in [-0.15, -0.1) is 0 Å². The molecule has 1 saturated heterocycles. The van der Waals surface area contributed by atoms with Crippen LogP contribution in [0, 0.1) is 18.3 Å². The summed E-state index contributed by atoms with van der Waals surface area (Å²) >= 11 is 0. The van der Waals surface area contributed by atoms with E-state index in [0.717, 1.165) is 40.7 Å². The second-order valence-corrected chi connectivity index (χ2v) is 8.77. The molecule has 0 aliphatic carbocycles. The number of fused-ring (bicyclic) bond motifs is 1. The van der Waals surface area contributed by atoms with E-state index in [1.165, 1.54) is 0 Å². The Balaban J connectivity index is 1.53. The van der Waals surface area contributed by atoms with Crippen LogP contribution in [0.4, 0.5) is 0 Å². The van der Waals surface area contributed by atoms with E-state index in [4.69, 9.17) is 9.40 Å². The predicted octanol–water partition coefficient (Wildman–Crippen LogP) is 5.78. The summed E-state index contributed by atoms with van der Waals surface area (Å²) in [6.45, 7) is 3.16. The normalized spacial score (nSPS) is 16.4. The number of likely N-dealkylation sites (tertiary alicyclic amines) is 1. The van der Waals surface area contributed by atoms with Crippen LogP contribution in [0.25, 0.3) is 33.7 Å². The lowest BCUT2D eigenvalue weighted by molar-refractivity contribution is -0.144. The van der Waals surface area contributed by atoms with Crippen LogP contribution >= 0.6 is 0 Å². The lowest BCUT2D eigenvalue weighted by Crippen LogP contribution is -2.44. The summed E-state index contributed by atoms with van der Waals surface area (Å²) in [6.07, 6.45) is 2.50. The number of rotatable bonds is 5. The maximum absolute atomic E-state index is 11.7. The molecular formula is C28H25N3O3. The Hall–Kier alpha value is -3.95. The fraction of sp³-hybridized carbons (Fsp3) is 0.250. The molecule has 3 aromatic carbocycles. The van der Waals surface area contributed by atoms with Gasteiger partial charge in [0.1, 0.15) is 11.6 Å². The number of hydrogen-bond donors (Lipinski definition) is 1. The Morgan fingerprint density at radius 1 is 1.15 bits per heavy atom. The van der Waals surface area contributed by atoms with E-state index in [0.29, 0.717) is 42.1 Å². The molecule has 1 aliphatic heterocycles. The molecule has 0 saturated carbocycles. The van der Waals surface area contributed by atoms with Crippen molar-refractivity contribution >= 4 is 17.1 Å². The van der Waals surface area contributed by atoms with Crippen molar-refractivity contribution in [2.75, 3.05) is 6.54 Å². The molecule has 5 rings (SSSR count). The molecule has 170 valence electrons. The van der Waals surface area contributed by atoms with Crippen LogP contribution in [-0.4, -0.2) is 33.5 Å². The summed E-state index contributed by atoms with van der Waals surface area (Å²) in [5.41, 5.74) is 6.69. The van der Waals surface area contributed by atoms with Gasteiger partial charge in [-0.25, -0.2) is 4.98 Å². The predicted molar refractivity (Wildman–Crippen MR) is 130 cm³/mol. The van der Waals surface area contributed by atoms with Crippen molar-refractivity contribution in [3.63, 3.8) is 0 Å². The molecule has 2 heterocycles. The first-order chi connectivity index (χ1) is 16.5. The molecule has 1 fully saturated rings. The minimum Gasteiger partial charge on any atom is -0.480 e. The van der Waals surface area contributed by atoms with Crippen LogP contribution in [0.1, 0.15) is 36.0 Å². The summed E-state index contributed by atoms with van der Waals surface area (Å²) in [4.78, 5) is 18.4. The molecule has 34 heavy (non-hydrogen) atoms. The zero-order valence-corrected chi connectivity index (χ0v) is 19.0. The molecule has 1 N–H and O–H groups in total. The van der Waals surface area contributed by atoms with Gasteiger partial charge in [0.2, 0.25) is 5.89 Å². The number of carboxylic acid groups (broad SMARTS) is 1. The van der Waals surface area contributed by atoms with Crippen molar-refractivity contribution in [3.05, 3.63) is 77.4 Å². The number of nitriles is 1. The third-order valence-corrected chi connectivity index (χ3v) is 6.66. The highest BCUT2D eigenvalue weighted by atomic mass is 16.4. The lowest BCUT2D eigenvalue weighted by atomic mass is 9.96. The monoisotopic (exact) mass is 451 g/mol. The quantitative estimate of drug-likeness (QED) is 0.414. The van der Waals surface area contributed by atoms with Crippen molar-refractivity contribution in [2.45, 2.75) is 38.8 Å². The Bertz CT molecular complexity index is 1400. The minimum absolute atomic E-state index is 0.403. The maximum atomic E-state index is 11.7. The smallest absolute Gasteiger partial charge is 0.320 e. The highest BCUT2D eigenvalue weighted by Crippen LogP contribution is 2.34. The van der Waals surface area contributed by atoms with Crippen LogP contribution < -0.4 is 0 Å². The summed E-state index contributed by atoms with van der Waals surface area (Å²) in [5, 5.41) is 19.4. The number of aromatic nitrogens is 1. The van der Waals surface area contributed by atoms with Gasteiger partial charge < -0.3 is 9.52 Å². The van der Waals surface area contributed by atoms with E-state index >= 15 is 0 Å². The Morgan fingerprint density at radius 2 is 1.94 bits per heavy atom. The van der Waals surface area contributed by atoms with Gasteiger partial charge in [-0.05, 0) is 60.7 Å². The van der Waals surface area contributed by atoms with Gasteiger partial charge in [-0.2, -0.15) is 5.26 Å². The molecule has 0 bridgehead atoms. The second kappa shape index (κ2) is 9.12. The van der Waals surface area contributed by atoms with Crippen molar-refractivity contribution in [1.82, 2.24) is 9.88 Å². The molecule has 1 unspecified atom stereocenters. The fourth-order valence-electron chi connectivity index (χ4n) is 4.84. The van der Waals surface area contributed by atoms with Gasteiger partial charge in [0.05, 0.1) is 11.6 Å². The topological polar surface area (TPSA) is 90.4 Å². The maximum Gasteiger partial charge on any atom is 0.320 e. The lowest BCUT2D eigenvalue weighted by Gasteiger charge is -2.33. The number of benzene rings is 3. The highest BCUT2D eigenvalue weighted by molar-refractivity contribution is 5.82. The summed E-state index contributed by atoms with van der Waals surface area (Å²) in [7, 11) is 0. The number of hydrogen-bond acceptors (Lipinski definition) is 5. The van der Waals surface area contributed by atoms with Crippen molar-refractivity contribution in [2.24, 2.45) is 0 Å². The van der Waals surface area contributed by atoms with Crippen LogP contribution in [0.5, 0.6) is 0 Å². The van der Waals surface area contributed by atoms with E-state index in [9.17, 15) is 15.2 Å². The van der Waals surface area contributed by atoms with Crippen molar-refractivity contribution in [1.29, 1.82) is 5.26 Å². The molecule has 4 aromatic rings. The summed E-state index contributed by atoms with van der Waals surface area (Å²) in [5.74, 6) is -0.301. The third kappa shape index (κ3) is 4.07. The average molecular weight is 452 g/mol. The number of nitrogens with zero attached hydrogens (tertiary/aromatic N) is 3. The van der Waals surface area contributed by atoms with Gasteiger partial charge in [0.15, 0.2) is 5.58 Å². The first-order valence-corrected chi connectivity index (χ1v) is 11.5. The summed E-state index contributed by atoms with van der Waals surface area (Å²) in [6, 6.07) is 21.6. The average Bonchev–Trinajstić information content (AvgIpc) is 3.27. The second-order valence-electron chi connectivity index (χ2n) is 8.77. The van der Waals surface area contributed by atoms with Crippen LogP contribution in [0.2, 0.25) is 0 Å². The molecule has 6 heteroatoms. The van der Waals surface area contributed by atoms with Gasteiger partial charge in [0, 0.05) is 18.2 Å². The Labute approximate surface area is 198 Å². The van der Waals surface area contributed by atoms with Crippen LogP contribution in [0.15, 0.2) is 65.1 Å². The molecule has 6 nitrogen and oxygen atoms in total. The SMILES string of the molecule is Cc1c(-c2ccccc2)cccc1-c1nc2cc(CN3CCCCC3C(=O)O)c(C#N)cc2o1. The molecule has 0 amide bonds. The highest BCUT2D eigenvalue weighted by Gasteiger charge is 2.29. The zero-order valence-electron chi connectivity index (χ0n) is 19.0. The van der Waals surface area contributed by atoms with Crippen LogP contribution in [-0.2, 0) is 11.3 Å². The summed E-state index contributed by atoms with van der Waals surface area (Å²) < 4.78 is 6.10. The van der Waals surface area contributed by atoms with Gasteiger partial charge in [-0.3, -0.25) is 9.69 Å².